The molecule has 0 amide bonds. The van der Waals surface area contributed by atoms with E-state index < -0.39 is 15.3 Å². The standard InChI is InChI=1S/C15H19BrN4O2S2/c1-15(2,21)9-23-13-12(16)8-18-14(20-13)19-10-4-6-11(7-5-10)24(3,17)22/h4-8,17,21H,9H2,1-3H3,(H,18,19,20). The van der Waals surface area contributed by atoms with Gasteiger partial charge in [-0.1, -0.05) is 0 Å². The van der Waals surface area contributed by atoms with Crippen molar-refractivity contribution in [3.8, 4) is 0 Å². The highest BCUT2D eigenvalue weighted by Gasteiger charge is 2.15. The molecule has 0 fully saturated rings. The number of hydrogen-bond donors (Lipinski definition) is 3. The number of rotatable bonds is 6. The Labute approximate surface area is 154 Å². The van der Waals surface area contributed by atoms with Crippen LogP contribution in [0.1, 0.15) is 13.8 Å². The SMILES string of the molecule is CC(C)(O)CSc1nc(Nc2ccc(S(C)(=N)=O)cc2)ncc1Br. The minimum atomic E-state index is -2.72. The van der Waals surface area contributed by atoms with Crippen LogP contribution in [0, 0.1) is 4.78 Å². The average molecular weight is 431 g/mol. The van der Waals surface area contributed by atoms with Crippen LogP contribution in [0.5, 0.6) is 0 Å². The number of nitrogens with zero attached hydrogens (tertiary/aromatic N) is 2. The zero-order valence-electron chi connectivity index (χ0n) is 13.5. The molecule has 0 aliphatic heterocycles. The predicted molar refractivity (Wildman–Crippen MR) is 102 cm³/mol. The van der Waals surface area contributed by atoms with Crippen LogP contribution in [0.3, 0.4) is 0 Å². The normalized spacial score (nSPS) is 14.2. The average Bonchev–Trinajstić information content (AvgIpc) is 2.46. The molecule has 0 bridgehead atoms. The molecule has 1 aromatic carbocycles. The summed E-state index contributed by atoms with van der Waals surface area (Å²) in [6.07, 6.45) is 3.04. The van der Waals surface area contributed by atoms with Crippen LogP contribution in [-0.4, -0.2) is 36.9 Å². The summed E-state index contributed by atoms with van der Waals surface area (Å²) >= 11 is 4.84. The number of hydrogen-bond acceptors (Lipinski definition) is 7. The van der Waals surface area contributed by atoms with Crippen molar-refractivity contribution in [3.63, 3.8) is 0 Å². The molecule has 0 radical (unpaired) electrons. The lowest BCUT2D eigenvalue weighted by Gasteiger charge is -2.16. The number of aliphatic hydroxyl groups is 1. The Hall–Kier alpha value is -1.16. The molecule has 2 rings (SSSR count). The number of benzene rings is 1. The Morgan fingerprint density at radius 2 is 2.00 bits per heavy atom. The Bertz CT molecular complexity index is 818. The van der Waals surface area contributed by atoms with Gasteiger partial charge in [-0.25, -0.2) is 19.0 Å². The molecule has 0 aliphatic carbocycles. The number of anilines is 2. The van der Waals surface area contributed by atoms with Crippen molar-refractivity contribution in [1.82, 2.24) is 9.97 Å². The van der Waals surface area contributed by atoms with Crippen molar-refractivity contribution in [1.29, 1.82) is 4.78 Å². The summed E-state index contributed by atoms with van der Waals surface area (Å²) in [5, 5.41) is 13.6. The van der Waals surface area contributed by atoms with Crippen molar-refractivity contribution in [2.24, 2.45) is 0 Å². The van der Waals surface area contributed by atoms with E-state index in [9.17, 15) is 9.32 Å². The number of aromatic nitrogens is 2. The van der Waals surface area contributed by atoms with Gasteiger partial charge >= 0.3 is 0 Å². The molecule has 1 aromatic heterocycles. The van der Waals surface area contributed by atoms with Crippen molar-refractivity contribution in [2.75, 3.05) is 17.3 Å². The van der Waals surface area contributed by atoms with E-state index in [2.05, 4.69) is 31.2 Å². The van der Waals surface area contributed by atoms with Crippen LogP contribution in [-0.2, 0) is 9.73 Å². The molecular weight excluding hydrogens is 412 g/mol. The summed E-state index contributed by atoms with van der Waals surface area (Å²) < 4.78 is 20.0. The first-order valence-electron chi connectivity index (χ1n) is 7.03. The maximum absolute atomic E-state index is 11.7. The first-order chi connectivity index (χ1) is 11.0. The highest BCUT2D eigenvalue weighted by atomic mass is 79.9. The highest BCUT2D eigenvalue weighted by molar-refractivity contribution is 9.10. The molecule has 6 nitrogen and oxygen atoms in total. The van der Waals surface area contributed by atoms with Crippen LogP contribution >= 0.6 is 27.7 Å². The second-order valence-corrected chi connectivity index (χ2v) is 9.92. The second kappa shape index (κ2) is 7.38. The van der Waals surface area contributed by atoms with Gasteiger partial charge in [0.2, 0.25) is 5.95 Å². The maximum Gasteiger partial charge on any atom is 0.228 e. The van der Waals surface area contributed by atoms with Crippen LogP contribution < -0.4 is 5.32 Å². The van der Waals surface area contributed by atoms with Crippen LogP contribution in [0.4, 0.5) is 11.6 Å². The van der Waals surface area contributed by atoms with Crippen LogP contribution in [0.25, 0.3) is 0 Å². The lowest BCUT2D eigenvalue weighted by atomic mass is 10.2. The molecule has 130 valence electrons. The Balaban J connectivity index is 2.15. The lowest BCUT2D eigenvalue weighted by molar-refractivity contribution is 0.107. The fraction of sp³-hybridized carbons (Fsp3) is 0.333. The molecule has 0 saturated heterocycles. The van der Waals surface area contributed by atoms with E-state index in [-0.39, 0.29) is 0 Å². The molecule has 9 heteroatoms. The molecule has 0 spiro atoms. The zero-order valence-corrected chi connectivity index (χ0v) is 16.8. The van der Waals surface area contributed by atoms with E-state index in [0.29, 0.717) is 16.6 Å². The summed E-state index contributed by atoms with van der Waals surface area (Å²) in [7, 11) is -2.72. The van der Waals surface area contributed by atoms with Gasteiger partial charge in [0.25, 0.3) is 0 Å². The van der Waals surface area contributed by atoms with Crippen LogP contribution in [0.15, 0.2) is 44.9 Å². The smallest absolute Gasteiger partial charge is 0.228 e. The Morgan fingerprint density at radius 3 is 2.54 bits per heavy atom. The predicted octanol–water partition coefficient (Wildman–Crippen LogP) is 3.88. The summed E-state index contributed by atoms with van der Waals surface area (Å²) in [6, 6.07) is 6.78. The number of thioether (sulfide) groups is 1. The quantitative estimate of drug-likeness (QED) is 0.474. The molecule has 3 N–H and O–H groups in total. The molecule has 24 heavy (non-hydrogen) atoms. The largest absolute Gasteiger partial charge is 0.390 e. The minimum Gasteiger partial charge on any atom is -0.390 e. The zero-order chi connectivity index (χ0) is 18.0. The topological polar surface area (TPSA) is 99.0 Å². The third-order valence-electron chi connectivity index (χ3n) is 2.83. The van der Waals surface area contributed by atoms with Gasteiger partial charge in [-0.3, -0.25) is 0 Å². The summed E-state index contributed by atoms with van der Waals surface area (Å²) in [5.74, 6) is 0.928. The van der Waals surface area contributed by atoms with Crippen molar-refractivity contribution in [3.05, 3.63) is 34.9 Å². The highest BCUT2D eigenvalue weighted by Crippen LogP contribution is 2.29. The molecule has 1 unspecified atom stereocenters. The molecule has 1 heterocycles. The Morgan fingerprint density at radius 1 is 1.38 bits per heavy atom. The Kier molecular flexibility index (Phi) is 5.90. The third-order valence-corrected chi connectivity index (χ3v) is 6.28. The van der Waals surface area contributed by atoms with Crippen molar-refractivity contribution < 1.29 is 9.32 Å². The van der Waals surface area contributed by atoms with Gasteiger partial charge < -0.3 is 10.4 Å². The second-order valence-electron chi connectivity index (χ2n) is 5.94. The van der Waals surface area contributed by atoms with Gasteiger partial charge in [-0.15, -0.1) is 11.8 Å². The van der Waals surface area contributed by atoms with Gasteiger partial charge in [0.1, 0.15) is 5.03 Å². The van der Waals surface area contributed by atoms with E-state index >= 15 is 0 Å². The van der Waals surface area contributed by atoms with E-state index in [0.717, 1.165) is 15.2 Å². The van der Waals surface area contributed by atoms with E-state index in [1.54, 1.807) is 44.3 Å². The van der Waals surface area contributed by atoms with Gasteiger partial charge in [0.05, 0.1) is 19.8 Å². The molecule has 2 aromatic rings. The number of halogens is 1. The third kappa shape index (κ3) is 5.73. The first-order valence-corrected chi connectivity index (χ1v) is 10.8. The summed E-state index contributed by atoms with van der Waals surface area (Å²) in [4.78, 5) is 9.12. The monoisotopic (exact) mass is 430 g/mol. The minimum absolute atomic E-state index is 0.423. The van der Waals surface area contributed by atoms with Crippen molar-refractivity contribution >= 4 is 49.1 Å². The van der Waals surface area contributed by atoms with Gasteiger partial charge in [-0.05, 0) is 54.0 Å². The first kappa shape index (κ1) is 19.2. The van der Waals surface area contributed by atoms with Gasteiger partial charge in [0, 0.05) is 28.8 Å². The fourth-order valence-electron chi connectivity index (χ4n) is 1.68. The molecular formula is C15H19BrN4O2S2. The fourth-order valence-corrected chi connectivity index (χ4v) is 3.71. The van der Waals surface area contributed by atoms with Gasteiger partial charge in [-0.2, -0.15) is 0 Å². The molecule has 1 atom stereocenters. The van der Waals surface area contributed by atoms with Crippen LogP contribution in [0.2, 0.25) is 0 Å². The maximum atomic E-state index is 11.7. The lowest BCUT2D eigenvalue weighted by Crippen LogP contribution is -2.21. The molecule has 0 saturated carbocycles. The summed E-state index contributed by atoms with van der Waals surface area (Å²) in [5.41, 5.74) is -0.0506. The van der Waals surface area contributed by atoms with Crippen molar-refractivity contribution in [2.45, 2.75) is 29.4 Å². The van der Waals surface area contributed by atoms with E-state index in [4.69, 9.17) is 4.78 Å². The molecule has 0 aliphatic rings. The van der Waals surface area contributed by atoms with E-state index in [1.165, 1.54) is 18.0 Å². The number of nitrogens with one attached hydrogen (secondary N) is 2. The van der Waals surface area contributed by atoms with E-state index in [1.807, 2.05) is 0 Å². The van der Waals surface area contributed by atoms with Gasteiger partial charge in [0.15, 0.2) is 0 Å². The summed E-state index contributed by atoms with van der Waals surface area (Å²) in [6.45, 7) is 3.49.